The summed E-state index contributed by atoms with van der Waals surface area (Å²) in [5.41, 5.74) is 1.95. The standard InChI is InChI=1S/C23H20N4O3S2/c28-22(18-14-24-7-8-25-18)26-9-11-27(12-10-26)23(29)21-17(15-32-20-6-3-13-31-20)16-4-1-2-5-19(16)30-21/h1-8,13-14H,9-12,15H2. The maximum absolute atomic E-state index is 13.4. The molecule has 4 heterocycles. The second-order valence-corrected chi connectivity index (χ2v) is 9.53. The Kier molecular flexibility index (Phi) is 5.91. The van der Waals surface area contributed by atoms with Gasteiger partial charge in [0.05, 0.1) is 10.4 Å². The predicted octanol–water partition coefficient (Wildman–Crippen LogP) is 4.17. The summed E-state index contributed by atoms with van der Waals surface area (Å²) in [5, 5.41) is 3.01. The molecule has 5 rings (SSSR count). The molecule has 3 aromatic heterocycles. The summed E-state index contributed by atoms with van der Waals surface area (Å²) < 4.78 is 7.23. The third kappa shape index (κ3) is 4.13. The van der Waals surface area contributed by atoms with E-state index < -0.39 is 0 Å². The van der Waals surface area contributed by atoms with Crippen molar-refractivity contribution in [3.05, 3.63) is 77.4 Å². The Balaban J connectivity index is 1.33. The number of para-hydroxylation sites is 1. The fourth-order valence-corrected chi connectivity index (χ4v) is 5.54. The van der Waals surface area contributed by atoms with Gasteiger partial charge in [0.1, 0.15) is 11.3 Å². The van der Waals surface area contributed by atoms with E-state index >= 15 is 0 Å². The molecule has 4 aromatic rings. The lowest BCUT2D eigenvalue weighted by atomic mass is 10.1. The van der Waals surface area contributed by atoms with Crippen molar-refractivity contribution in [1.82, 2.24) is 19.8 Å². The van der Waals surface area contributed by atoms with Crippen LogP contribution in [0.4, 0.5) is 0 Å². The summed E-state index contributed by atoms with van der Waals surface area (Å²) in [4.78, 5) is 37.5. The average Bonchev–Trinajstić information content (AvgIpc) is 3.50. The first-order valence-electron chi connectivity index (χ1n) is 10.2. The Morgan fingerprint density at radius 2 is 1.78 bits per heavy atom. The zero-order valence-corrected chi connectivity index (χ0v) is 18.8. The van der Waals surface area contributed by atoms with Gasteiger partial charge in [0, 0.05) is 55.3 Å². The van der Waals surface area contributed by atoms with Crippen molar-refractivity contribution in [2.24, 2.45) is 0 Å². The SMILES string of the molecule is O=C(c1cnccn1)N1CCN(C(=O)c2oc3ccccc3c2CSc2cccs2)CC1. The van der Waals surface area contributed by atoms with Crippen LogP contribution in [-0.4, -0.2) is 57.8 Å². The molecule has 2 amide bonds. The Hall–Kier alpha value is -3.17. The Bertz CT molecular complexity index is 1230. The molecule has 32 heavy (non-hydrogen) atoms. The molecule has 1 fully saturated rings. The van der Waals surface area contributed by atoms with Crippen LogP contribution in [0.25, 0.3) is 11.0 Å². The van der Waals surface area contributed by atoms with Gasteiger partial charge in [0.15, 0.2) is 5.76 Å². The number of carbonyl (C=O) groups is 2. The summed E-state index contributed by atoms with van der Waals surface area (Å²) in [5.74, 6) is 0.754. The first-order chi connectivity index (χ1) is 15.7. The molecule has 1 aliphatic rings. The van der Waals surface area contributed by atoms with E-state index in [0.717, 1.165) is 10.9 Å². The van der Waals surface area contributed by atoms with Crippen LogP contribution in [0.5, 0.6) is 0 Å². The normalized spacial score (nSPS) is 14.1. The van der Waals surface area contributed by atoms with Crippen LogP contribution >= 0.6 is 23.1 Å². The second-order valence-electron chi connectivity index (χ2n) is 7.30. The van der Waals surface area contributed by atoms with E-state index in [4.69, 9.17) is 4.42 Å². The second kappa shape index (κ2) is 9.13. The number of furan rings is 1. The minimum absolute atomic E-state index is 0.130. The molecule has 7 nitrogen and oxygen atoms in total. The number of nitrogens with zero attached hydrogens (tertiary/aromatic N) is 4. The van der Waals surface area contributed by atoms with Gasteiger partial charge < -0.3 is 14.2 Å². The van der Waals surface area contributed by atoms with E-state index in [1.54, 1.807) is 32.9 Å². The van der Waals surface area contributed by atoms with Crippen molar-refractivity contribution in [3.63, 3.8) is 0 Å². The van der Waals surface area contributed by atoms with Crippen molar-refractivity contribution in [3.8, 4) is 0 Å². The molecule has 1 aliphatic heterocycles. The lowest BCUT2D eigenvalue weighted by Gasteiger charge is -2.34. The van der Waals surface area contributed by atoms with E-state index in [9.17, 15) is 9.59 Å². The highest BCUT2D eigenvalue weighted by Crippen LogP contribution is 2.34. The molecule has 0 atom stereocenters. The number of hydrogen-bond acceptors (Lipinski definition) is 7. The van der Waals surface area contributed by atoms with E-state index in [-0.39, 0.29) is 11.8 Å². The number of benzene rings is 1. The van der Waals surface area contributed by atoms with Crippen molar-refractivity contribution < 1.29 is 14.0 Å². The molecule has 0 N–H and O–H groups in total. The molecule has 0 aliphatic carbocycles. The lowest BCUT2D eigenvalue weighted by Crippen LogP contribution is -2.50. The third-order valence-corrected chi connectivity index (χ3v) is 7.54. The van der Waals surface area contributed by atoms with E-state index in [2.05, 4.69) is 16.0 Å². The van der Waals surface area contributed by atoms with Gasteiger partial charge in [-0.05, 0) is 17.5 Å². The van der Waals surface area contributed by atoms with Crippen molar-refractivity contribution in [1.29, 1.82) is 0 Å². The van der Waals surface area contributed by atoms with Gasteiger partial charge in [-0.2, -0.15) is 0 Å². The number of aromatic nitrogens is 2. The highest BCUT2D eigenvalue weighted by molar-refractivity contribution is 8.00. The van der Waals surface area contributed by atoms with Crippen LogP contribution in [0.15, 0.2) is 69.0 Å². The van der Waals surface area contributed by atoms with Gasteiger partial charge in [-0.1, -0.05) is 24.3 Å². The molecule has 0 unspecified atom stereocenters. The number of thiophene rings is 1. The van der Waals surface area contributed by atoms with E-state index in [1.165, 1.54) is 22.8 Å². The zero-order chi connectivity index (χ0) is 21.9. The van der Waals surface area contributed by atoms with E-state index in [1.807, 2.05) is 35.7 Å². The van der Waals surface area contributed by atoms with Crippen LogP contribution in [0.1, 0.15) is 26.6 Å². The lowest BCUT2D eigenvalue weighted by molar-refractivity contribution is 0.0515. The summed E-state index contributed by atoms with van der Waals surface area (Å²) in [6, 6.07) is 11.9. The van der Waals surface area contributed by atoms with Crippen molar-refractivity contribution in [2.45, 2.75) is 9.96 Å². The van der Waals surface area contributed by atoms with Gasteiger partial charge >= 0.3 is 0 Å². The summed E-state index contributed by atoms with van der Waals surface area (Å²) >= 11 is 3.39. The van der Waals surface area contributed by atoms with Crippen LogP contribution in [-0.2, 0) is 5.75 Å². The van der Waals surface area contributed by atoms with Crippen LogP contribution in [0.3, 0.4) is 0 Å². The molecule has 0 bridgehead atoms. The molecular formula is C23H20N4O3S2. The molecule has 0 radical (unpaired) electrons. The Labute approximate surface area is 193 Å². The first-order valence-corrected chi connectivity index (χ1v) is 12.1. The number of amides is 2. The molecule has 9 heteroatoms. The molecule has 0 spiro atoms. The number of thioether (sulfide) groups is 1. The third-order valence-electron chi connectivity index (χ3n) is 5.38. The van der Waals surface area contributed by atoms with Crippen molar-refractivity contribution in [2.75, 3.05) is 26.2 Å². The summed E-state index contributed by atoms with van der Waals surface area (Å²) in [7, 11) is 0. The molecule has 1 saturated heterocycles. The van der Waals surface area contributed by atoms with Gasteiger partial charge in [-0.25, -0.2) is 4.98 Å². The molecule has 0 saturated carbocycles. The number of piperazine rings is 1. The topological polar surface area (TPSA) is 79.5 Å². The predicted molar refractivity (Wildman–Crippen MR) is 124 cm³/mol. The fraction of sp³-hybridized carbons (Fsp3) is 0.217. The summed E-state index contributed by atoms with van der Waals surface area (Å²) in [6.45, 7) is 1.78. The number of hydrogen-bond donors (Lipinski definition) is 0. The maximum Gasteiger partial charge on any atom is 0.290 e. The monoisotopic (exact) mass is 464 g/mol. The fourth-order valence-electron chi connectivity index (χ4n) is 3.73. The Morgan fingerprint density at radius 3 is 2.50 bits per heavy atom. The van der Waals surface area contributed by atoms with Crippen LogP contribution < -0.4 is 0 Å². The number of fused-ring (bicyclic) bond motifs is 1. The van der Waals surface area contributed by atoms with Gasteiger partial charge in [0.2, 0.25) is 0 Å². The van der Waals surface area contributed by atoms with Gasteiger partial charge in [0.25, 0.3) is 11.8 Å². The highest BCUT2D eigenvalue weighted by Gasteiger charge is 2.30. The average molecular weight is 465 g/mol. The Morgan fingerprint density at radius 1 is 1.00 bits per heavy atom. The summed E-state index contributed by atoms with van der Waals surface area (Å²) in [6.07, 6.45) is 4.51. The van der Waals surface area contributed by atoms with E-state index in [0.29, 0.717) is 49.0 Å². The van der Waals surface area contributed by atoms with Gasteiger partial charge in [-0.15, -0.1) is 23.1 Å². The van der Waals surface area contributed by atoms with Crippen molar-refractivity contribution >= 4 is 45.9 Å². The minimum atomic E-state index is -0.165. The molecule has 162 valence electrons. The van der Waals surface area contributed by atoms with Gasteiger partial charge in [-0.3, -0.25) is 14.6 Å². The van der Waals surface area contributed by atoms with Crippen LogP contribution in [0.2, 0.25) is 0 Å². The number of carbonyl (C=O) groups excluding carboxylic acids is 2. The smallest absolute Gasteiger partial charge is 0.290 e. The quantitative estimate of drug-likeness (QED) is 0.413. The maximum atomic E-state index is 13.4. The minimum Gasteiger partial charge on any atom is -0.451 e. The largest absolute Gasteiger partial charge is 0.451 e. The first kappa shape index (κ1) is 20.7. The zero-order valence-electron chi connectivity index (χ0n) is 17.1. The highest BCUT2D eigenvalue weighted by atomic mass is 32.2. The molecule has 1 aromatic carbocycles. The number of rotatable bonds is 5. The van der Waals surface area contributed by atoms with Crippen LogP contribution in [0, 0.1) is 0 Å². The molecular weight excluding hydrogens is 444 g/mol.